The molecule has 106 valence electrons. The van der Waals surface area contributed by atoms with Gasteiger partial charge in [0.25, 0.3) is 10.0 Å². The second-order valence-corrected chi connectivity index (χ2v) is 6.21. The molecule has 1 aliphatic rings. The Bertz CT molecular complexity index is 508. The van der Waals surface area contributed by atoms with Crippen LogP contribution in [0.1, 0.15) is 18.5 Å². The lowest BCUT2D eigenvalue weighted by molar-refractivity contribution is 0.0272. The zero-order chi connectivity index (χ0) is 13.9. The number of hydrogen-bond acceptors (Lipinski definition) is 5. The molecule has 1 aliphatic heterocycles. The lowest BCUT2D eigenvalue weighted by Crippen LogP contribution is -2.48. The number of hydrogen-bond donors (Lipinski definition) is 2. The lowest BCUT2D eigenvalue weighted by atomic mass is 10.1. The number of nitrogens with two attached hydrogens (primary N) is 1. The van der Waals surface area contributed by atoms with Crippen LogP contribution < -0.4 is 10.6 Å². The minimum Gasteiger partial charge on any atom is -0.379 e. The predicted molar refractivity (Wildman–Crippen MR) is 71.8 cm³/mol. The summed E-state index contributed by atoms with van der Waals surface area (Å²) in [5.41, 5.74) is 6.64. The summed E-state index contributed by atoms with van der Waals surface area (Å²) in [6.07, 6.45) is 0. The van der Waals surface area contributed by atoms with Crippen molar-refractivity contribution in [3.63, 3.8) is 0 Å². The maximum absolute atomic E-state index is 12.2. The fourth-order valence-electron chi connectivity index (χ4n) is 1.83. The van der Waals surface area contributed by atoms with Gasteiger partial charge >= 0.3 is 0 Å². The summed E-state index contributed by atoms with van der Waals surface area (Å²) in [4.78, 5) is 2.79. The Morgan fingerprint density at radius 2 is 1.84 bits per heavy atom. The van der Waals surface area contributed by atoms with Gasteiger partial charge in [-0.1, -0.05) is 12.1 Å². The van der Waals surface area contributed by atoms with Crippen molar-refractivity contribution >= 4 is 10.0 Å². The van der Waals surface area contributed by atoms with Crippen molar-refractivity contribution in [1.29, 1.82) is 0 Å². The van der Waals surface area contributed by atoms with Crippen molar-refractivity contribution in [2.75, 3.05) is 26.3 Å². The second kappa shape index (κ2) is 5.98. The lowest BCUT2D eigenvalue weighted by Gasteiger charge is -2.26. The van der Waals surface area contributed by atoms with E-state index in [2.05, 4.69) is 4.83 Å². The molecule has 0 amide bonds. The van der Waals surface area contributed by atoms with E-state index in [-0.39, 0.29) is 10.9 Å². The van der Waals surface area contributed by atoms with Crippen LogP contribution in [0.2, 0.25) is 0 Å². The Kier molecular flexibility index (Phi) is 4.54. The van der Waals surface area contributed by atoms with Crippen LogP contribution in [0.15, 0.2) is 29.2 Å². The molecule has 1 aromatic rings. The number of nitrogens with one attached hydrogen (secondary N) is 1. The quantitative estimate of drug-likeness (QED) is 0.827. The van der Waals surface area contributed by atoms with Crippen LogP contribution in [0.5, 0.6) is 0 Å². The highest BCUT2D eigenvalue weighted by atomic mass is 32.2. The minimum absolute atomic E-state index is 0.107. The van der Waals surface area contributed by atoms with Crippen LogP contribution in [0.3, 0.4) is 0 Å². The van der Waals surface area contributed by atoms with Crippen molar-refractivity contribution in [2.24, 2.45) is 5.73 Å². The number of ether oxygens (including phenoxy) is 1. The summed E-state index contributed by atoms with van der Waals surface area (Å²) in [6, 6.07) is 6.50. The van der Waals surface area contributed by atoms with Gasteiger partial charge in [-0.25, -0.2) is 13.4 Å². The van der Waals surface area contributed by atoms with E-state index in [0.29, 0.717) is 26.3 Å². The Labute approximate surface area is 113 Å². The molecule has 3 N–H and O–H groups in total. The van der Waals surface area contributed by atoms with E-state index in [9.17, 15) is 8.42 Å². The van der Waals surface area contributed by atoms with Crippen molar-refractivity contribution in [3.05, 3.63) is 29.8 Å². The molecule has 1 heterocycles. The molecule has 19 heavy (non-hydrogen) atoms. The van der Waals surface area contributed by atoms with E-state index >= 15 is 0 Å². The summed E-state index contributed by atoms with van der Waals surface area (Å²) in [7, 11) is -3.52. The summed E-state index contributed by atoms with van der Waals surface area (Å²) < 4.78 is 29.5. The topological polar surface area (TPSA) is 84.7 Å². The molecule has 0 aromatic heterocycles. The first-order chi connectivity index (χ1) is 8.99. The standard InChI is InChI=1S/C12H19N3O3S/c1-10(13)11-2-4-12(5-3-11)19(16,17)14-15-6-8-18-9-7-15/h2-5,10,14H,6-9,13H2,1H3. The summed E-state index contributed by atoms with van der Waals surface area (Å²) >= 11 is 0. The molecular formula is C12H19N3O3S. The largest absolute Gasteiger partial charge is 0.379 e. The van der Waals surface area contributed by atoms with Crippen molar-refractivity contribution < 1.29 is 13.2 Å². The smallest absolute Gasteiger partial charge is 0.253 e. The number of nitrogens with zero attached hydrogens (tertiary/aromatic N) is 1. The molecule has 0 bridgehead atoms. The van der Waals surface area contributed by atoms with Gasteiger partial charge in [0.15, 0.2) is 0 Å². The first-order valence-corrected chi connectivity index (χ1v) is 7.68. The monoisotopic (exact) mass is 285 g/mol. The number of rotatable bonds is 4. The molecule has 0 spiro atoms. The van der Waals surface area contributed by atoms with E-state index in [1.807, 2.05) is 6.92 Å². The van der Waals surface area contributed by atoms with Gasteiger partial charge in [-0.3, -0.25) is 0 Å². The van der Waals surface area contributed by atoms with Crippen LogP contribution in [0.4, 0.5) is 0 Å². The van der Waals surface area contributed by atoms with Gasteiger partial charge in [0.2, 0.25) is 0 Å². The molecule has 1 unspecified atom stereocenters. The fraction of sp³-hybridized carbons (Fsp3) is 0.500. The molecule has 2 rings (SSSR count). The average Bonchev–Trinajstić information content (AvgIpc) is 2.39. The molecule has 1 fully saturated rings. The Hall–Kier alpha value is -0.990. The van der Waals surface area contributed by atoms with Crippen molar-refractivity contribution in [1.82, 2.24) is 9.84 Å². The Balaban J connectivity index is 2.10. The summed E-state index contributed by atoms with van der Waals surface area (Å²) in [5, 5.41) is 1.65. The van der Waals surface area contributed by atoms with E-state index in [1.54, 1.807) is 29.3 Å². The number of sulfonamides is 1. The van der Waals surface area contributed by atoms with Crippen molar-refractivity contribution in [3.8, 4) is 0 Å². The maximum Gasteiger partial charge on any atom is 0.253 e. The van der Waals surface area contributed by atoms with Gasteiger partial charge in [-0.15, -0.1) is 4.83 Å². The van der Waals surface area contributed by atoms with Gasteiger partial charge < -0.3 is 10.5 Å². The molecule has 0 radical (unpaired) electrons. The first-order valence-electron chi connectivity index (χ1n) is 6.20. The molecule has 6 nitrogen and oxygen atoms in total. The molecule has 1 aromatic carbocycles. The van der Waals surface area contributed by atoms with E-state index in [1.165, 1.54) is 0 Å². The highest BCUT2D eigenvalue weighted by Gasteiger charge is 2.20. The Morgan fingerprint density at radius 3 is 2.37 bits per heavy atom. The average molecular weight is 285 g/mol. The molecule has 1 saturated heterocycles. The fourth-order valence-corrected chi connectivity index (χ4v) is 2.95. The predicted octanol–water partition coefficient (Wildman–Crippen LogP) is 0.232. The number of morpholine rings is 1. The Morgan fingerprint density at radius 1 is 1.26 bits per heavy atom. The van der Waals surface area contributed by atoms with Gasteiger partial charge in [-0.2, -0.15) is 0 Å². The van der Waals surface area contributed by atoms with Gasteiger partial charge in [0.1, 0.15) is 0 Å². The summed E-state index contributed by atoms with van der Waals surface area (Å²) in [5.74, 6) is 0. The number of benzene rings is 1. The molecule has 7 heteroatoms. The molecule has 0 saturated carbocycles. The molecule has 1 atom stereocenters. The maximum atomic E-state index is 12.2. The highest BCUT2D eigenvalue weighted by molar-refractivity contribution is 7.89. The minimum atomic E-state index is -3.52. The van der Waals surface area contributed by atoms with E-state index in [0.717, 1.165) is 5.56 Å². The summed E-state index contributed by atoms with van der Waals surface area (Å²) in [6.45, 7) is 4.03. The normalized spacial score (nSPS) is 19.3. The molecular weight excluding hydrogens is 266 g/mol. The zero-order valence-electron chi connectivity index (χ0n) is 10.9. The van der Waals surface area contributed by atoms with Crippen LogP contribution in [0, 0.1) is 0 Å². The van der Waals surface area contributed by atoms with Gasteiger partial charge in [0.05, 0.1) is 18.1 Å². The van der Waals surface area contributed by atoms with E-state index in [4.69, 9.17) is 10.5 Å². The SMILES string of the molecule is CC(N)c1ccc(S(=O)(=O)NN2CCOCC2)cc1. The van der Waals surface area contributed by atoms with Gasteiger partial charge in [0, 0.05) is 19.1 Å². The van der Waals surface area contributed by atoms with Crippen LogP contribution in [-0.2, 0) is 14.8 Å². The molecule has 0 aliphatic carbocycles. The van der Waals surface area contributed by atoms with Crippen LogP contribution in [0.25, 0.3) is 0 Å². The second-order valence-electron chi connectivity index (χ2n) is 4.55. The third kappa shape index (κ3) is 3.74. The van der Waals surface area contributed by atoms with Gasteiger partial charge in [-0.05, 0) is 24.6 Å². The third-order valence-electron chi connectivity index (χ3n) is 2.98. The highest BCUT2D eigenvalue weighted by Crippen LogP contribution is 2.14. The van der Waals surface area contributed by atoms with E-state index < -0.39 is 10.0 Å². The van der Waals surface area contributed by atoms with Crippen LogP contribution in [-0.4, -0.2) is 39.7 Å². The number of hydrazine groups is 1. The first kappa shape index (κ1) is 14.4. The zero-order valence-corrected chi connectivity index (χ0v) is 11.7. The van der Waals surface area contributed by atoms with Crippen molar-refractivity contribution in [2.45, 2.75) is 17.9 Å². The van der Waals surface area contributed by atoms with Crippen LogP contribution >= 0.6 is 0 Å². The third-order valence-corrected chi connectivity index (χ3v) is 4.37.